The quantitative estimate of drug-likeness (QED) is 0.387. The van der Waals surface area contributed by atoms with E-state index in [2.05, 4.69) is 25.5 Å². The zero-order valence-corrected chi connectivity index (χ0v) is 20.4. The van der Waals surface area contributed by atoms with Gasteiger partial charge in [-0.3, -0.25) is 13.8 Å². The van der Waals surface area contributed by atoms with E-state index < -0.39 is 35.4 Å². The van der Waals surface area contributed by atoms with E-state index in [0.717, 1.165) is 0 Å². The number of carbonyl (C=O) groups is 2. The number of esters is 2. The monoisotopic (exact) mass is 508 g/mol. The summed E-state index contributed by atoms with van der Waals surface area (Å²) in [7, 11) is 8.14. The van der Waals surface area contributed by atoms with Gasteiger partial charge in [-0.1, -0.05) is 0 Å². The predicted octanol–water partition coefficient (Wildman–Crippen LogP) is 2.69. The van der Waals surface area contributed by atoms with E-state index in [4.69, 9.17) is 29.5 Å². The van der Waals surface area contributed by atoms with Gasteiger partial charge in [0.25, 0.3) is 0 Å². The van der Waals surface area contributed by atoms with Gasteiger partial charge in [0.15, 0.2) is 0 Å². The number of hydrogen-bond donors (Lipinski definition) is 1. The summed E-state index contributed by atoms with van der Waals surface area (Å²) in [5.74, 6) is -0.877. The molecule has 0 saturated heterocycles. The Kier molecular flexibility index (Phi) is 18.2. The fourth-order valence-electron chi connectivity index (χ4n) is 0.994. The lowest BCUT2D eigenvalue weighted by Gasteiger charge is -2.20. The maximum absolute atomic E-state index is 11.2. The second-order valence-electron chi connectivity index (χ2n) is 6.21. The van der Waals surface area contributed by atoms with Crippen molar-refractivity contribution in [3.8, 4) is 0 Å². The zero-order valence-electron chi connectivity index (χ0n) is 16.5. The molecule has 0 aromatic rings. The molecule has 0 saturated carbocycles. The lowest BCUT2D eigenvalue weighted by molar-refractivity contribution is -0.156. The summed E-state index contributed by atoms with van der Waals surface area (Å²) in [5, 5.41) is 8.69. The molecule has 0 amide bonds. The molecule has 14 heteroatoms. The van der Waals surface area contributed by atoms with Crippen LogP contribution in [0.4, 0.5) is 0 Å². The summed E-state index contributed by atoms with van der Waals surface area (Å²) in [4.78, 5) is 22.2. The Bertz CT molecular complexity index is 589. The summed E-state index contributed by atoms with van der Waals surface area (Å²) in [6, 6.07) is 0. The van der Waals surface area contributed by atoms with Crippen molar-refractivity contribution in [2.75, 3.05) is 26.4 Å². The zero-order chi connectivity index (χ0) is 23.2. The van der Waals surface area contributed by atoms with Crippen LogP contribution in [0.1, 0.15) is 41.5 Å². The van der Waals surface area contributed by atoms with Gasteiger partial charge in [-0.05, 0) is 41.5 Å². The van der Waals surface area contributed by atoms with Crippen molar-refractivity contribution in [2.45, 2.75) is 41.5 Å². The highest BCUT2D eigenvalue weighted by Crippen LogP contribution is 2.19. The van der Waals surface area contributed by atoms with Crippen LogP contribution in [0.15, 0.2) is 0 Å². The van der Waals surface area contributed by atoms with Crippen molar-refractivity contribution in [2.24, 2.45) is 10.8 Å². The summed E-state index contributed by atoms with van der Waals surface area (Å²) >= 11 is 0. The molecule has 1 N–H and O–H groups in total. The fraction of sp³-hybridized carbons (Fsp3) is 0.857. The van der Waals surface area contributed by atoms with E-state index in [9.17, 15) is 18.0 Å². The number of rotatable bonds is 8. The van der Waals surface area contributed by atoms with Crippen LogP contribution in [0.3, 0.4) is 0 Å². The molecule has 28 heavy (non-hydrogen) atoms. The van der Waals surface area contributed by atoms with Crippen LogP contribution in [0, 0.1) is 10.8 Å². The molecule has 0 heterocycles. The number of carbonyl (C=O) groups excluding carboxylic acids is 2. The van der Waals surface area contributed by atoms with E-state index >= 15 is 0 Å². The molecule has 170 valence electrons. The third kappa shape index (κ3) is 20.6. The van der Waals surface area contributed by atoms with E-state index in [1.54, 1.807) is 27.7 Å². The van der Waals surface area contributed by atoms with Gasteiger partial charge < -0.3 is 14.6 Å². The maximum atomic E-state index is 11.2. The highest BCUT2D eigenvalue weighted by Gasteiger charge is 2.31. The first kappa shape index (κ1) is 32.5. The number of halogens is 3. The van der Waals surface area contributed by atoms with Crippen LogP contribution in [0.25, 0.3) is 0 Å². The van der Waals surface area contributed by atoms with Crippen LogP contribution in [-0.4, -0.2) is 56.1 Å². The van der Waals surface area contributed by atoms with Crippen molar-refractivity contribution in [3.05, 3.63) is 0 Å². The highest BCUT2D eigenvalue weighted by molar-refractivity contribution is 8.26. The van der Waals surface area contributed by atoms with Crippen LogP contribution in [0.2, 0.25) is 0 Å². The Labute approximate surface area is 182 Å². The molecule has 0 atom stereocenters. The molecule has 0 bridgehead atoms. The normalized spacial score (nSPS) is 11.5. The van der Waals surface area contributed by atoms with Gasteiger partial charge in [-0.2, -0.15) is 8.42 Å². The molecule has 0 aliphatic heterocycles. The van der Waals surface area contributed by atoms with Gasteiger partial charge in [0.2, 0.25) is 9.23 Å². The molecular weight excluding hydrogens is 483 g/mol. The fourth-order valence-corrected chi connectivity index (χ4v) is 1.56. The van der Waals surface area contributed by atoms with Crippen molar-refractivity contribution in [3.63, 3.8) is 0 Å². The summed E-state index contributed by atoms with van der Waals surface area (Å²) < 4.78 is 43.7. The molecule has 0 spiro atoms. The Hall–Kier alpha value is -0.170. The molecule has 0 aromatic heterocycles. The first-order valence-corrected chi connectivity index (χ1v) is 12.8. The molecule has 0 aromatic carbocycles. The second kappa shape index (κ2) is 15.6. The predicted molar refractivity (Wildman–Crippen MR) is 108 cm³/mol. The highest BCUT2D eigenvalue weighted by atomic mass is 36.0. The average Bonchev–Trinajstić information content (AvgIpc) is 2.53. The Morgan fingerprint density at radius 2 is 1.29 bits per heavy atom. The number of hydrogen-bond acceptors (Lipinski definition) is 9. The first-order chi connectivity index (χ1) is 12.5. The molecule has 0 fully saturated rings. The summed E-state index contributed by atoms with van der Waals surface area (Å²) in [6.07, 6.45) is 0. The minimum Gasteiger partial charge on any atom is -0.466 e. The van der Waals surface area contributed by atoms with E-state index in [-0.39, 0.29) is 25.8 Å². The van der Waals surface area contributed by atoms with Gasteiger partial charge in [0, 0.05) is 32.0 Å². The van der Waals surface area contributed by atoms with Crippen molar-refractivity contribution in [1.29, 1.82) is 0 Å². The Balaban J connectivity index is -0.000000388. The van der Waals surface area contributed by atoms with E-state index in [1.807, 2.05) is 0 Å². The van der Waals surface area contributed by atoms with Crippen LogP contribution < -0.4 is 0 Å². The number of aliphatic hydroxyl groups is 1. The SMILES string of the molecule is CCOC(=O)C(C)(C)CO.CCOC(=O)C(C)(C)COS(=O)(=O)Cl.O=S(Cl)Cl. The van der Waals surface area contributed by atoms with Gasteiger partial charge in [-0.25, -0.2) is 4.21 Å². The van der Waals surface area contributed by atoms with Crippen LogP contribution in [-0.2, 0) is 41.8 Å². The lowest BCUT2D eigenvalue weighted by Crippen LogP contribution is -2.32. The molecule has 0 radical (unpaired) electrons. The second-order valence-corrected chi connectivity index (χ2v) is 10.9. The molecule has 9 nitrogen and oxygen atoms in total. The standard InChI is InChI=1S/C7H13ClO5S.C7H14O3.Cl2OS/c1-4-12-6(9)7(2,3)5-13-14(8,10)11;1-4-10-6(9)7(2,3)5-8;1-4(2)3/h4-5H2,1-3H3;8H,4-5H2,1-3H3;. The van der Waals surface area contributed by atoms with Gasteiger partial charge >= 0.3 is 21.3 Å². The van der Waals surface area contributed by atoms with Gasteiger partial charge in [0.05, 0.1) is 37.3 Å². The molecule has 0 unspecified atom stereocenters. The lowest BCUT2D eigenvalue weighted by atomic mass is 9.95. The van der Waals surface area contributed by atoms with E-state index in [1.165, 1.54) is 13.8 Å². The third-order valence-corrected chi connectivity index (χ3v) is 3.28. The average molecular weight is 510 g/mol. The van der Waals surface area contributed by atoms with Crippen molar-refractivity contribution in [1.82, 2.24) is 0 Å². The van der Waals surface area contributed by atoms with Crippen LogP contribution >= 0.6 is 32.0 Å². The van der Waals surface area contributed by atoms with Crippen molar-refractivity contribution < 1.29 is 41.0 Å². The van der Waals surface area contributed by atoms with Gasteiger partial charge in [0.1, 0.15) is 0 Å². The first-order valence-electron chi connectivity index (χ1n) is 7.75. The number of aliphatic hydroxyl groups excluding tert-OH is 1. The van der Waals surface area contributed by atoms with Gasteiger partial charge in [-0.15, -0.1) is 0 Å². The summed E-state index contributed by atoms with van der Waals surface area (Å²) in [5.41, 5.74) is -1.78. The third-order valence-electron chi connectivity index (χ3n) is 2.61. The largest absolute Gasteiger partial charge is 0.466 e. The molecule has 0 aliphatic rings. The summed E-state index contributed by atoms with van der Waals surface area (Å²) in [6.45, 7) is 9.79. The van der Waals surface area contributed by atoms with Crippen molar-refractivity contribution >= 4 is 62.5 Å². The molecular formula is C14H27Cl3O9S2. The Morgan fingerprint density at radius 1 is 0.964 bits per heavy atom. The minimum atomic E-state index is -4.04. The minimum absolute atomic E-state index is 0.175. The van der Waals surface area contributed by atoms with Crippen LogP contribution in [0.5, 0.6) is 0 Å². The smallest absolute Gasteiger partial charge is 0.355 e. The van der Waals surface area contributed by atoms with E-state index in [0.29, 0.717) is 6.61 Å². The maximum Gasteiger partial charge on any atom is 0.355 e. The molecule has 0 aliphatic carbocycles. The topological polar surface area (TPSA) is 133 Å². The Morgan fingerprint density at radius 3 is 1.54 bits per heavy atom. The number of ether oxygens (including phenoxy) is 2. The molecule has 0 rings (SSSR count).